The quantitative estimate of drug-likeness (QED) is 0.777. The summed E-state index contributed by atoms with van der Waals surface area (Å²) in [5.41, 5.74) is -0.0136. The summed E-state index contributed by atoms with van der Waals surface area (Å²) in [5, 5.41) is 14.4. The van der Waals surface area contributed by atoms with Crippen LogP contribution in [0.5, 0.6) is 0 Å². The topological polar surface area (TPSA) is 95.5 Å². The molecule has 0 aliphatic carbocycles. The Balaban J connectivity index is 3.02. The molecule has 0 aromatic heterocycles. The summed E-state index contributed by atoms with van der Waals surface area (Å²) in [6.45, 7) is 8.73. The van der Waals surface area contributed by atoms with Gasteiger partial charge in [0.1, 0.15) is 6.04 Å². The van der Waals surface area contributed by atoms with Gasteiger partial charge < -0.3 is 15.7 Å². The molecule has 0 unspecified atom stereocenters. The van der Waals surface area contributed by atoms with Crippen LogP contribution in [0.4, 0.5) is 5.69 Å². The fourth-order valence-corrected chi connectivity index (χ4v) is 1.83. The van der Waals surface area contributed by atoms with E-state index < -0.39 is 23.3 Å². The lowest BCUT2D eigenvalue weighted by molar-refractivity contribution is -0.140. The molecule has 0 fully saturated rings. The minimum atomic E-state index is -1.09. The van der Waals surface area contributed by atoms with E-state index in [1.807, 2.05) is 0 Å². The van der Waals surface area contributed by atoms with Crippen molar-refractivity contribution in [2.24, 2.45) is 11.3 Å². The highest BCUT2D eigenvalue weighted by Gasteiger charge is 2.26. The van der Waals surface area contributed by atoms with Crippen LogP contribution in [0.25, 0.3) is 0 Å². The Kier molecular flexibility index (Phi) is 5.90. The molecule has 1 atom stereocenters. The molecule has 2 amide bonds. The number of carboxylic acid groups (broad SMARTS) is 1. The number of carbonyl (C=O) groups is 3. The standard InChI is InChI=1S/C17H24N2O4/c1-10(2)13(15(21)22)19-14(20)11-8-6-7-9-12(11)18-16(23)17(3,4)5/h6-10,13H,1-5H3,(H,18,23)(H,19,20)(H,21,22)/t13-/m0/s1. The summed E-state index contributed by atoms with van der Waals surface area (Å²) in [5.74, 6) is -2.11. The molecule has 0 bridgehead atoms. The van der Waals surface area contributed by atoms with Crippen LogP contribution in [-0.2, 0) is 9.59 Å². The van der Waals surface area contributed by atoms with Crippen molar-refractivity contribution in [3.8, 4) is 0 Å². The highest BCUT2D eigenvalue weighted by molar-refractivity contribution is 6.05. The van der Waals surface area contributed by atoms with Crippen LogP contribution in [-0.4, -0.2) is 28.9 Å². The molecular weight excluding hydrogens is 296 g/mol. The van der Waals surface area contributed by atoms with Gasteiger partial charge >= 0.3 is 5.97 Å². The van der Waals surface area contributed by atoms with Gasteiger partial charge in [-0.05, 0) is 18.1 Å². The zero-order chi connectivity index (χ0) is 17.8. The number of rotatable bonds is 5. The number of hydrogen-bond donors (Lipinski definition) is 3. The molecule has 0 aliphatic heterocycles. The Labute approximate surface area is 136 Å². The fraction of sp³-hybridized carbons (Fsp3) is 0.471. The molecule has 3 N–H and O–H groups in total. The highest BCUT2D eigenvalue weighted by atomic mass is 16.4. The molecule has 0 spiro atoms. The number of carbonyl (C=O) groups excluding carboxylic acids is 2. The summed E-state index contributed by atoms with van der Waals surface area (Å²) in [6, 6.07) is 5.53. The molecule has 0 saturated carbocycles. The van der Waals surface area contributed by atoms with Crippen molar-refractivity contribution in [2.45, 2.75) is 40.7 Å². The van der Waals surface area contributed by atoms with Crippen LogP contribution in [0.15, 0.2) is 24.3 Å². The largest absolute Gasteiger partial charge is 0.480 e. The van der Waals surface area contributed by atoms with Gasteiger partial charge in [0.2, 0.25) is 5.91 Å². The van der Waals surface area contributed by atoms with Crippen LogP contribution >= 0.6 is 0 Å². The predicted octanol–water partition coefficient (Wildman–Crippen LogP) is 2.51. The molecule has 0 radical (unpaired) electrons. The van der Waals surface area contributed by atoms with E-state index in [0.29, 0.717) is 5.69 Å². The molecule has 23 heavy (non-hydrogen) atoms. The van der Waals surface area contributed by atoms with E-state index in [1.165, 1.54) is 0 Å². The SMILES string of the molecule is CC(C)[C@H](NC(=O)c1ccccc1NC(=O)C(C)(C)C)C(=O)O. The van der Waals surface area contributed by atoms with Crippen LogP contribution < -0.4 is 10.6 Å². The number of hydrogen-bond acceptors (Lipinski definition) is 3. The minimum Gasteiger partial charge on any atom is -0.480 e. The first-order chi connectivity index (χ1) is 10.5. The Bertz CT molecular complexity index is 603. The second kappa shape index (κ2) is 7.26. The number of carboxylic acids is 1. The van der Waals surface area contributed by atoms with Crippen molar-refractivity contribution in [1.82, 2.24) is 5.32 Å². The van der Waals surface area contributed by atoms with Gasteiger partial charge in [-0.1, -0.05) is 46.8 Å². The van der Waals surface area contributed by atoms with Crippen molar-refractivity contribution >= 4 is 23.5 Å². The Morgan fingerprint density at radius 3 is 2.13 bits per heavy atom. The molecular formula is C17H24N2O4. The lowest BCUT2D eigenvalue weighted by atomic mass is 9.95. The third-order valence-corrected chi connectivity index (χ3v) is 3.32. The smallest absolute Gasteiger partial charge is 0.326 e. The Morgan fingerprint density at radius 1 is 1.09 bits per heavy atom. The summed E-state index contributed by atoms with van der Waals surface area (Å²) >= 11 is 0. The first kappa shape index (κ1) is 18.7. The zero-order valence-corrected chi connectivity index (χ0v) is 14.1. The maximum atomic E-state index is 12.4. The van der Waals surface area contributed by atoms with Gasteiger partial charge in [0.15, 0.2) is 0 Å². The average Bonchev–Trinajstić information content (AvgIpc) is 2.43. The lowest BCUT2D eigenvalue weighted by Gasteiger charge is -2.21. The third kappa shape index (κ3) is 5.09. The first-order valence-electron chi connectivity index (χ1n) is 7.48. The normalized spacial score (nSPS) is 12.6. The van der Waals surface area contributed by atoms with Crippen LogP contribution in [0.3, 0.4) is 0 Å². The Hall–Kier alpha value is -2.37. The van der Waals surface area contributed by atoms with Crippen LogP contribution in [0.2, 0.25) is 0 Å². The molecule has 0 aliphatic rings. The van der Waals surface area contributed by atoms with E-state index in [0.717, 1.165) is 0 Å². The van der Waals surface area contributed by atoms with Gasteiger partial charge in [-0.15, -0.1) is 0 Å². The number of nitrogens with one attached hydrogen (secondary N) is 2. The van der Waals surface area contributed by atoms with Crippen LogP contribution in [0, 0.1) is 11.3 Å². The zero-order valence-electron chi connectivity index (χ0n) is 14.1. The average molecular weight is 320 g/mol. The van der Waals surface area contributed by atoms with E-state index >= 15 is 0 Å². The molecule has 1 aromatic carbocycles. The molecule has 6 nitrogen and oxygen atoms in total. The van der Waals surface area contributed by atoms with Crippen molar-refractivity contribution in [1.29, 1.82) is 0 Å². The van der Waals surface area contributed by atoms with E-state index in [4.69, 9.17) is 0 Å². The van der Waals surface area contributed by atoms with Gasteiger partial charge in [-0.25, -0.2) is 4.79 Å². The second-order valence-electron chi connectivity index (χ2n) is 6.78. The van der Waals surface area contributed by atoms with Crippen molar-refractivity contribution < 1.29 is 19.5 Å². The molecule has 0 saturated heterocycles. The van der Waals surface area contributed by atoms with Crippen molar-refractivity contribution in [3.05, 3.63) is 29.8 Å². The first-order valence-corrected chi connectivity index (χ1v) is 7.48. The number of para-hydroxylation sites is 1. The third-order valence-electron chi connectivity index (χ3n) is 3.32. The van der Waals surface area contributed by atoms with Gasteiger partial charge in [0.05, 0.1) is 11.3 Å². The molecule has 126 valence electrons. The summed E-state index contributed by atoms with van der Waals surface area (Å²) in [7, 11) is 0. The Morgan fingerprint density at radius 2 is 1.65 bits per heavy atom. The monoisotopic (exact) mass is 320 g/mol. The number of aliphatic carboxylic acids is 1. The molecule has 1 aromatic rings. The maximum Gasteiger partial charge on any atom is 0.326 e. The van der Waals surface area contributed by atoms with E-state index in [9.17, 15) is 19.5 Å². The lowest BCUT2D eigenvalue weighted by Crippen LogP contribution is -2.44. The van der Waals surface area contributed by atoms with E-state index in [-0.39, 0.29) is 17.4 Å². The highest BCUT2D eigenvalue weighted by Crippen LogP contribution is 2.20. The summed E-state index contributed by atoms with van der Waals surface area (Å²) < 4.78 is 0. The van der Waals surface area contributed by atoms with Gasteiger partial charge in [-0.3, -0.25) is 9.59 Å². The van der Waals surface area contributed by atoms with E-state index in [1.54, 1.807) is 58.9 Å². The van der Waals surface area contributed by atoms with Gasteiger partial charge in [0.25, 0.3) is 5.91 Å². The van der Waals surface area contributed by atoms with Gasteiger partial charge in [0, 0.05) is 5.41 Å². The molecule has 1 rings (SSSR count). The van der Waals surface area contributed by atoms with E-state index in [2.05, 4.69) is 10.6 Å². The number of benzene rings is 1. The predicted molar refractivity (Wildman–Crippen MR) is 88.3 cm³/mol. The maximum absolute atomic E-state index is 12.4. The minimum absolute atomic E-state index is 0.226. The van der Waals surface area contributed by atoms with Crippen molar-refractivity contribution in [3.63, 3.8) is 0 Å². The molecule has 0 heterocycles. The summed E-state index contributed by atoms with van der Waals surface area (Å²) in [4.78, 5) is 35.7. The number of amides is 2. The van der Waals surface area contributed by atoms with Crippen LogP contribution in [0.1, 0.15) is 45.0 Å². The van der Waals surface area contributed by atoms with Gasteiger partial charge in [-0.2, -0.15) is 0 Å². The summed E-state index contributed by atoms with van der Waals surface area (Å²) in [6.07, 6.45) is 0. The number of anilines is 1. The molecule has 6 heteroatoms. The van der Waals surface area contributed by atoms with Crippen molar-refractivity contribution in [2.75, 3.05) is 5.32 Å². The second-order valence-corrected chi connectivity index (χ2v) is 6.78. The fourth-order valence-electron chi connectivity index (χ4n) is 1.83.